The van der Waals surface area contributed by atoms with Crippen LogP contribution in [0.1, 0.15) is 119 Å². The minimum atomic E-state index is 0.285. The first-order valence-corrected chi connectivity index (χ1v) is 12.9. The van der Waals surface area contributed by atoms with Crippen molar-refractivity contribution < 1.29 is 5.11 Å². The first-order valence-electron chi connectivity index (χ1n) is 12.9. The van der Waals surface area contributed by atoms with Gasteiger partial charge in [0.2, 0.25) is 0 Å². The van der Waals surface area contributed by atoms with E-state index >= 15 is 0 Å². The summed E-state index contributed by atoms with van der Waals surface area (Å²) in [7, 11) is 0. The van der Waals surface area contributed by atoms with Gasteiger partial charge in [0, 0.05) is 6.61 Å². The molecule has 0 unspecified atom stereocenters. The molecule has 8 fully saturated rings. The molecule has 8 bridgehead atoms. The molecule has 0 saturated heterocycles. The second-order valence-electron chi connectivity index (χ2n) is 16.2. The lowest BCUT2D eigenvalue weighted by molar-refractivity contribution is -0.195. The smallest absolute Gasteiger partial charge is 0.0488 e. The second-order valence-corrected chi connectivity index (χ2v) is 16.2. The molecule has 1 nitrogen and oxygen atoms in total. The molecule has 170 valence electrons. The molecule has 8 saturated carbocycles. The largest absolute Gasteiger partial charge is 0.396 e. The third kappa shape index (κ3) is 3.27. The van der Waals surface area contributed by atoms with Crippen LogP contribution < -0.4 is 0 Å². The Hall–Kier alpha value is -0.300. The molecule has 30 heavy (non-hydrogen) atoms. The molecule has 0 heterocycles. The zero-order valence-corrected chi connectivity index (χ0v) is 20.9. The van der Waals surface area contributed by atoms with Crippen molar-refractivity contribution in [2.24, 2.45) is 43.3 Å². The number of hydrogen-bond acceptors (Lipinski definition) is 1. The Kier molecular flexibility index (Phi) is 4.15. The topological polar surface area (TPSA) is 20.2 Å². The Morgan fingerprint density at radius 2 is 0.800 bits per heavy atom. The van der Waals surface area contributed by atoms with Crippen LogP contribution in [0.25, 0.3) is 0 Å². The van der Waals surface area contributed by atoms with E-state index in [1.807, 2.05) is 0 Å². The van der Waals surface area contributed by atoms with Gasteiger partial charge in [-0.15, -0.1) is 6.58 Å². The molecule has 0 aromatic carbocycles. The predicted octanol–water partition coefficient (Wildman–Crippen LogP) is 7.92. The van der Waals surface area contributed by atoms with Crippen molar-refractivity contribution in [3.63, 3.8) is 0 Å². The molecule has 0 spiro atoms. The van der Waals surface area contributed by atoms with E-state index in [9.17, 15) is 5.11 Å². The number of aliphatic hydroxyl groups excluding tert-OH is 1. The van der Waals surface area contributed by atoms with Gasteiger partial charge in [0.15, 0.2) is 0 Å². The molecular weight excluding hydrogens is 364 g/mol. The predicted molar refractivity (Wildman–Crippen MR) is 126 cm³/mol. The summed E-state index contributed by atoms with van der Waals surface area (Å²) in [4.78, 5) is 0. The van der Waals surface area contributed by atoms with E-state index in [-0.39, 0.29) is 5.41 Å². The van der Waals surface area contributed by atoms with Gasteiger partial charge in [0.05, 0.1) is 0 Å². The van der Waals surface area contributed by atoms with Gasteiger partial charge in [0.1, 0.15) is 0 Å². The maximum atomic E-state index is 9.77. The van der Waals surface area contributed by atoms with Gasteiger partial charge in [-0.1, -0.05) is 47.6 Å². The highest BCUT2D eigenvalue weighted by Crippen LogP contribution is 2.74. The highest BCUT2D eigenvalue weighted by molar-refractivity contribution is 5.18. The minimum Gasteiger partial charge on any atom is -0.396 e. The van der Waals surface area contributed by atoms with E-state index in [4.69, 9.17) is 0 Å². The lowest BCUT2D eigenvalue weighted by atomic mass is 9.36. The van der Waals surface area contributed by atoms with Gasteiger partial charge >= 0.3 is 0 Å². The van der Waals surface area contributed by atoms with E-state index in [0.717, 1.165) is 0 Å². The third-order valence-corrected chi connectivity index (χ3v) is 10.6. The molecular formula is C29H48O. The lowest BCUT2D eigenvalue weighted by Gasteiger charge is -2.68. The van der Waals surface area contributed by atoms with Crippen LogP contribution in [0.5, 0.6) is 0 Å². The minimum absolute atomic E-state index is 0.285. The van der Waals surface area contributed by atoms with Gasteiger partial charge in [-0.25, -0.2) is 0 Å². The summed E-state index contributed by atoms with van der Waals surface area (Å²) in [5, 5.41) is 9.77. The number of allylic oxidation sites excluding steroid dienone is 1. The molecule has 8 aliphatic carbocycles. The SMILES string of the molecule is C=CC12CC3(C)CC(C)(CC(C)(C3)C1)C2.CC12CC3(C)CC(C)(C1)CC(CO)(C2)C3. The van der Waals surface area contributed by atoms with Crippen LogP contribution in [-0.4, -0.2) is 11.7 Å². The van der Waals surface area contributed by atoms with Crippen LogP contribution in [0, 0.1) is 43.3 Å². The normalized spacial score (nSPS) is 62.2. The van der Waals surface area contributed by atoms with E-state index < -0.39 is 0 Å². The Morgan fingerprint density at radius 1 is 0.533 bits per heavy atom. The van der Waals surface area contributed by atoms with Crippen LogP contribution in [0.15, 0.2) is 12.7 Å². The average Bonchev–Trinajstić information content (AvgIpc) is 2.46. The van der Waals surface area contributed by atoms with Crippen molar-refractivity contribution in [2.45, 2.75) is 119 Å². The zero-order valence-electron chi connectivity index (χ0n) is 20.9. The highest BCUT2D eigenvalue weighted by atomic mass is 16.3. The molecule has 0 radical (unpaired) electrons. The summed E-state index contributed by atoms with van der Waals surface area (Å²) < 4.78 is 0. The van der Waals surface area contributed by atoms with Crippen LogP contribution in [-0.2, 0) is 0 Å². The summed E-state index contributed by atoms with van der Waals surface area (Å²) in [5.74, 6) is 0. The first kappa shape index (κ1) is 21.5. The lowest BCUT2D eigenvalue weighted by Crippen LogP contribution is -2.59. The number of rotatable bonds is 2. The summed E-state index contributed by atoms with van der Waals surface area (Å²) in [5.41, 5.74) is 4.22. The Bertz CT molecular complexity index is 653. The van der Waals surface area contributed by atoms with Gasteiger partial charge < -0.3 is 5.11 Å². The zero-order chi connectivity index (χ0) is 21.9. The first-order chi connectivity index (χ1) is 13.6. The average molecular weight is 413 g/mol. The molecule has 0 aromatic heterocycles. The standard InChI is InChI=1S/C15H24.C14H24O/c1-5-15-9-12(2)6-13(3,10-15)8-14(4,7-12)11-15;1-11-4-12(2)6-13(3,5-11)9-14(7-11,8-12)10-15/h5H,1,6-11H2,2-4H3;15H,4-10H2,1-3H3. The van der Waals surface area contributed by atoms with Crippen LogP contribution in [0.4, 0.5) is 0 Å². The van der Waals surface area contributed by atoms with E-state index in [1.165, 1.54) is 77.0 Å². The molecule has 0 atom stereocenters. The highest BCUT2D eigenvalue weighted by Gasteiger charge is 2.64. The van der Waals surface area contributed by atoms with Crippen LogP contribution in [0.3, 0.4) is 0 Å². The molecule has 1 heteroatoms. The van der Waals surface area contributed by atoms with Gasteiger partial charge in [0.25, 0.3) is 0 Å². The second kappa shape index (κ2) is 5.78. The Labute approximate surface area is 186 Å². The van der Waals surface area contributed by atoms with Crippen molar-refractivity contribution in [3.05, 3.63) is 12.7 Å². The number of hydrogen-bond donors (Lipinski definition) is 1. The summed E-state index contributed by atoms with van der Waals surface area (Å²) in [6.07, 6.45) is 19.0. The van der Waals surface area contributed by atoms with E-state index in [0.29, 0.717) is 44.5 Å². The summed E-state index contributed by atoms with van der Waals surface area (Å²) >= 11 is 0. The van der Waals surface area contributed by atoms with Crippen LogP contribution >= 0.6 is 0 Å². The van der Waals surface area contributed by atoms with Crippen molar-refractivity contribution >= 4 is 0 Å². The quantitative estimate of drug-likeness (QED) is 0.457. The molecule has 8 rings (SSSR count). The van der Waals surface area contributed by atoms with Gasteiger partial charge in [-0.3, -0.25) is 0 Å². The maximum absolute atomic E-state index is 9.77. The monoisotopic (exact) mass is 412 g/mol. The maximum Gasteiger partial charge on any atom is 0.0488 e. The summed E-state index contributed by atoms with van der Waals surface area (Å²) in [6.45, 7) is 19.5. The van der Waals surface area contributed by atoms with Gasteiger partial charge in [-0.05, 0) is 120 Å². The van der Waals surface area contributed by atoms with Crippen molar-refractivity contribution in [2.75, 3.05) is 6.61 Å². The van der Waals surface area contributed by atoms with Crippen LogP contribution in [0.2, 0.25) is 0 Å². The fraction of sp³-hybridized carbons (Fsp3) is 0.931. The van der Waals surface area contributed by atoms with Crippen molar-refractivity contribution in [1.29, 1.82) is 0 Å². The fourth-order valence-electron chi connectivity index (χ4n) is 13.3. The van der Waals surface area contributed by atoms with Crippen molar-refractivity contribution in [3.8, 4) is 0 Å². The Balaban J connectivity index is 0.000000128. The molecule has 1 N–H and O–H groups in total. The van der Waals surface area contributed by atoms with E-state index in [1.54, 1.807) is 0 Å². The summed E-state index contributed by atoms with van der Waals surface area (Å²) in [6, 6.07) is 0. The van der Waals surface area contributed by atoms with Gasteiger partial charge in [-0.2, -0.15) is 0 Å². The van der Waals surface area contributed by atoms with Crippen molar-refractivity contribution in [1.82, 2.24) is 0 Å². The van der Waals surface area contributed by atoms with E-state index in [2.05, 4.69) is 54.2 Å². The number of aliphatic hydroxyl groups is 1. The molecule has 8 aliphatic rings. The molecule has 0 amide bonds. The molecule has 0 aliphatic heterocycles. The fourth-order valence-corrected chi connectivity index (χ4v) is 13.3. The molecule has 0 aromatic rings. The Morgan fingerprint density at radius 3 is 1.03 bits per heavy atom. The third-order valence-electron chi connectivity index (χ3n) is 10.6.